The van der Waals surface area contributed by atoms with E-state index < -0.39 is 0 Å². The SMILES string of the molecule is Nc1nc2c(ncn2CCCCCCC(=O)C2CCCCC2=O)c(=O)[nH]1. The van der Waals surface area contributed by atoms with Gasteiger partial charge in [-0.2, -0.15) is 4.98 Å². The van der Waals surface area contributed by atoms with Crippen LogP contribution in [-0.2, 0) is 16.1 Å². The van der Waals surface area contributed by atoms with Gasteiger partial charge in [-0.15, -0.1) is 0 Å². The minimum atomic E-state index is -0.337. The van der Waals surface area contributed by atoms with Crippen LogP contribution in [0.5, 0.6) is 0 Å². The molecule has 1 aliphatic rings. The highest BCUT2D eigenvalue weighted by Gasteiger charge is 2.27. The molecule has 2 aromatic rings. The molecule has 0 aliphatic heterocycles. The maximum atomic E-state index is 12.2. The van der Waals surface area contributed by atoms with E-state index in [-0.39, 0.29) is 29.0 Å². The van der Waals surface area contributed by atoms with Gasteiger partial charge in [-0.1, -0.05) is 19.3 Å². The molecule has 1 fully saturated rings. The molecule has 3 rings (SSSR count). The molecule has 0 radical (unpaired) electrons. The van der Waals surface area contributed by atoms with E-state index in [2.05, 4.69) is 15.0 Å². The maximum absolute atomic E-state index is 12.2. The minimum Gasteiger partial charge on any atom is -0.369 e. The van der Waals surface area contributed by atoms with Crippen molar-refractivity contribution in [2.45, 2.75) is 64.3 Å². The average molecular weight is 359 g/mol. The van der Waals surface area contributed by atoms with Crippen LogP contribution in [0, 0.1) is 5.92 Å². The number of fused-ring (bicyclic) bond motifs is 1. The number of hydrogen-bond donors (Lipinski definition) is 2. The molecule has 140 valence electrons. The number of aromatic amines is 1. The van der Waals surface area contributed by atoms with Crippen molar-refractivity contribution < 1.29 is 9.59 Å². The molecule has 1 aliphatic carbocycles. The van der Waals surface area contributed by atoms with E-state index in [1.165, 1.54) is 0 Å². The van der Waals surface area contributed by atoms with Crippen molar-refractivity contribution in [3.8, 4) is 0 Å². The lowest BCUT2D eigenvalue weighted by Crippen LogP contribution is -2.27. The van der Waals surface area contributed by atoms with Gasteiger partial charge >= 0.3 is 0 Å². The third kappa shape index (κ3) is 4.17. The number of nitrogens with two attached hydrogens (primary N) is 1. The second kappa shape index (κ2) is 8.25. The molecular formula is C18H25N5O3. The van der Waals surface area contributed by atoms with Gasteiger partial charge < -0.3 is 10.3 Å². The van der Waals surface area contributed by atoms with Gasteiger partial charge in [0.05, 0.1) is 12.2 Å². The second-order valence-corrected chi connectivity index (χ2v) is 6.96. The molecule has 8 heteroatoms. The summed E-state index contributed by atoms with van der Waals surface area (Å²) in [5, 5.41) is 0. The van der Waals surface area contributed by atoms with Crippen LogP contribution in [0.2, 0.25) is 0 Å². The lowest BCUT2D eigenvalue weighted by Gasteiger charge is -2.19. The number of nitrogen functional groups attached to an aromatic ring is 1. The molecule has 0 bridgehead atoms. The number of unbranched alkanes of at least 4 members (excludes halogenated alkanes) is 3. The topological polar surface area (TPSA) is 124 Å². The van der Waals surface area contributed by atoms with E-state index in [4.69, 9.17) is 5.73 Å². The summed E-state index contributed by atoms with van der Waals surface area (Å²) in [5.74, 6) is -0.0000830. The monoisotopic (exact) mass is 359 g/mol. The molecule has 3 N–H and O–H groups in total. The Kier molecular flexibility index (Phi) is 5.80. The normalized spacial score (nSPS) is 17.7. The molecule has 0 amide bonds. The zero-order valence-electron chi connectivity index (χ0n) is 14.9. The highest BCUT2D eigenvalue weighted by molar-refractivity contribution is 6.02. The first-order valence-electron chi connectivity index (χ1n) is 9.32. The van der Waals surface area contributed by atoms with Crippen LogP contribution in [0.1, 0.15) is 57.8 Å². The highest BCUT2D eigenvalue weighted by Crippen LogP contribution is 2.23. The zero-order chi connectivity index (χ0) is 18.5. The van der Waals surface area contributed by atoms with Gasteiger partial charge in [-0.3, -0.25) is 19.4 Å². The van der Waals surface area contributed by atoms with Crippen LogP contribution in [0.4, 0.5) is 5.95 Å². The van der Waals surface area contributed by atoms with Crippen molar-refractivity contribution in [2.24, 2.45) is 5.92 Å². The fraction of sp³-hybridized carbons (Fsp3) is 0.611. The molecule has 8 nitrogen and oxygen atoms in total. The smallest absolute Gasteiger partial charge is 0.280 e. The van der Waals surface area contributed by atoms with Crippen LogP contribution in [0.3, 0.4) is 0 Å². The standard InChI is InChI=1S/C18H25N5O3/c19-18-21-16-15(17(26)22-18)20-11-23(16)10-6-2-1-3-8-13(24)12-7-4-5-9-14(12)25/h11-12H,1-10H2,(H3,19,21,22,26). The third-order valence-corrected chi connectivity index (χ3v) is 5.01. The summed E-state index contributed by atoms with van der Waals surface area (Å²) < 4.78 is 1.83. The summed E-state index contributed by atoms with van der Waals surface area (Å²) in [6.45, 7) is 0.696. The Labute approximate surface area is 151 Å². The fourth-order valence-corrected chi connectivity index (χ4v) is 3.57. The van der Waals surface area contributed by atoms with Gasteiger partial charge in [0, 0.05) is 19.4 Å². The third-order valence-electron chi connectivity index (χ3n) is 5.01. The largest absolute Gasteiger partial charge is 0.369 e. The first-order valence-corrected chi connectivity index (χ1v) is 9.32. The number of imidazole rings is 1. The summed E-state index contributed by atoms with van der Waals surface area (Å²) in [6.07, 6.45) is 8.94. The van der Waals surface area contributed by atoms with E-state index in [1.54, 1.807) is 6.33 Å². The van der Waals surface area contributed by atoms with Crippen molar-refractivity contribution in [3.63, 3.8) is 0 Å². The van der Waals surface area contributed by atoms with Crippen LogP contribution >= 0.6 is 0 Å². The quantitative estimate of drug-likeness (QED) is 0.548. The molecule has 1 unspecified atom stereocenters. The van der Waals surface area contributed by atoms with Gasteiger partial charge in [0.15, 0.2) is 11.2 Å². The number of anilines is 1. The number of rotatable bonds is 8. The number of nitrogens with zero attached hydrogens (tertiary/aromatic N) is 3. The number of carbonyl (C=O) groups is 2. The maximum Gasteiger partial charge on any atom is 0.280 e. The van der Waals surface area contributed by atoms with E-state index in [9.17, 15) is 14.4 Å². The molecular weight excluding hydrogens is 334 g/mol. The molecule has 1 saturated carbocycles. The summed E-state index contributed by atoms with van der Waals surface area (Å²) in [4.78, 5) is 46.3. The molecule has 2 aromatic heterocycles. The Morgan fingerprint density at radius 1 is 1.23 bits per heavy atom. The first kappa shape index (κ1) is 18.3. The number of H-pyrrole nitrogens is 1. The first-order chi connectivity index (χ1) is 12.6. The number of nitrogens with one attached hydrogen (secondary N) is 1. The van der Waals surface area contributed by atoms with Crippen molar-refractivity contribution >= 4 is 28.7 Å². The Morgan fingerprint density at radius 3 is 2.85 bits per heavy atom. The molecule has 0 aromatic carbocycles. The van der Waals surface area contributed by atoms with Crippen molar-refractivity contribution in [1.29, 1.82) is 0 Å². The number of Topliss-reactive ketones (excluding diaryl/α,β-unsaturated/α-hetero) is 2. The van der Waals surface area contributed by atoms with E-state index >= 15 is 0 Å². The predicted octanol–water partition coefficient (Wildman–Crippen LogP) is 1.98. The van der Waals surface area contributed by atoms with E-state index in [1.807, 2.05) is 4.57 Å². The molecule has 0 saturated heterocycles. The second-order valence-electron chi connectivity index (χ2n) is 6.96. The zero-order valence-corrected chi connectivity index (χ0v) is 14.9. The van der Waals surface area contributed by atoms with Gasteiger partial charge in [-0.25, -0.2) is 4.98 Å². The number of ketones is 2. The van der Waals surface area contributed by atoms with Gasteiger partial charge in [0.25, 0.3) is 5.56 Å². The van der Waals surface area contributed by atoms with Gasteiger partial charge in [-0.05, 0) is 25.7 Å². The van der Waals surface area contributed by atoms with Crippen LogP contribution < -0.4 is 11.3 Å². The summed E-state index contributed by atoms with van der Waals surface area (Å²) in [7, 11) is 0. The predicted molar refractivity (Wildman–Crippen MR) is 97.6 cm³/mol. The summed E-state index contributed by atoms with van der Waals surface area (Å²) in [6, 6.07) is 0. The van der Waals surface area contributed by atoms with Crippen molar-refractivity contribution in [1.82, 2.24) is 19.5 Å². The Bertz CT molecular complexity index is 854. The summed E-state index contributed by atoms with van der Waals surface area (Å²) in [5.41, 5.74) is 6.04. The van der Waals surface area contributed by atoms with Crippen molar-refractivity contribution in [2.75, 3.05) is 5.73 Å². The highest BCUT2D eigenvalue weighted by atomic mass is 16.2. The van der Waals surface area contributed by atoms with Gasteiger partial charge in [0.2, 0.25) is 5.95 Å². The van der Waals surface area contributed by atoms with Crippen LogP contribution in [0.25, 0.3) is 11.2 Å². The average Bonchev–Trinajstić information content (AvgIpc) is 3.01. The number of aromatic nitrogens is 4. The fourth-order valence-electron chi connectivity index (χ4n) is 3.57. The van der Waals surface area contributed by atoms with E-state index in [0.29, 0.717) is 30.6 Å². The lowest BCUT2D eigenvalue weighted by molar-refractivity contribution is -0.134. The lowest BCUT2D eigenvalue weighted by atomic mass is 9.83. The van der Waals surface area contributed by atoms with Crippen LogP contribution in [-0.4, -0.2) is 31.1 Å². The molecule has 1 atom stereocenters. The van der Waals surface area contributed by atoms with Gasteiger partial charge in [0.1, 0.15) is 11.6 Å². The molecule has 2 heterocycles. The number of carbonyl (C=O) groups excluding carboxylic acids is 2. The van der Waals surface area contributed by atoms with Crippen molar-refractivity contribution in [3.05, 3.63) is 16.7 Å². The minimum absolute atomic E-state index is 0.0834. The van der Waals surface area contributed by atoms with Crippen LogP contribution in [0.15, 0.2) is 11.1 Å². The Morgan fingerprint density at radius 2 is 2.04 bits per heavy atom. The number of hydrogen-bond acceptors (Lipinski definition) is 6. The number of aryl methyl sites for hydroxylation is 1. The molecule has 0 spiro atoms. The Hall–Kier alpha value is -2.51. The summed E-state index contributed by atoms with van der Waals surface area (Å²) >= 11 is 0. The Balaban J connectivity index is 1.40. The van der Waals surface area contributed by atoms with E-state index in [0.717, 1.165) is 44.9 Å². The molecule has 26 heavy (non-hydrogen) atoms.